The summed E-state index contributed by atoms with van der Waals surface area (Å²) in [7, 11) is 0. The van der Waals surface area contributed by atoms with Crippen LogP contribution in [-0.4, -0.2) is 78.0 Å². The van der Waals surface area contributed by atoms with Gasteiger partial charge < -0.3 is 30.4 Å². The summed E-state index contributed by atoms with van der Waals surface area (Å²) in [6, 6.07) is 0. The van der Waals surface area contributed by atoms with Gasteiger partial charge in [0.25, 0.3) is 5.91 Å². The van der Waals surface area contributed by atoms with Gasteiger partial charge in [0.05, 0.1) is 51.1 Å². The number of primary amides is 1. The molecular formula is C13H21N5O8. The summed E-state index contributed by atoms with van der Waals surface area (Å²) in [6.07, 6.45) is 0.0221. The quantitative estimate of drug-likeness (QED) is 0.213. The van der Waals surface area contributed by atoms with Crippen LogP contribution in [0, 0.1) is 10.1 Å². The Kier molecular flexibility index (Phi) is 9.59. The molecule has 0 aliphatic rings. The molecule has 1 aromatic rings. The molecule has 0 aliphatic carbocycles. The highest BCUT2D eigenvalue weighted by atomic mass is 16.6. The van der Waals surface area contributed by atoms with Gasteiger partial charge in [0.1, 0.15) is 6.20 Å². The fraction of sp³-hybridized carbons (Fsp3) is 0.615. The summed E-state index contributed by atoms with van der Waals surface area (Å²) in [5.41, 5.74) is 4.20. The minimum absolute atomic E-state index is 0.210. The van der Waals surface area contributed by atoms with E-state index < -0.39 is 28.3 Å². The molecule has 1 rings (SSSR count). The Hall–Kier alpha value is -2.77. The number of nitrogens with zero attached hydrogens (tertiary/aromatic N) is 3. The van der Waals surface area contributed by atoms with Gasteiger partial charge in [-0.25, -0.2) is 4.79 Å². The largest absolute Gasteiger partial charge is 0.465 e. The third-order valence-electron chi connectivity index (χ3n) is 2.90. The molecule has 1 heterocycles. The number of carbonyl (C=O) groups excluding carboxylic acids is 1. The number of nitrogens with two attached hydrogens (primary N) is 1. The van der Waals surface area contributed by atoms with Crippen molar-refractivity contribution in [3.8, 4) is 0 Å². The number of ether oxygens (including phenoxy) is 3. The van der Waals surface area contributed by atoms with E-state index in [1.807, 2.05) is 0 Å². The molecule has 4 N–H and O–H groups in total. The molecule has 0 aromatic carbocycles. The second kappa shape index (κ2) is 11.7. The Bertz CT molecular complexity index is 574. The van der Waals surface area contributed by atoms with Crippen molar-refractivity contribution in [2.24, 2.45) is 5.73 Å². The standard InChI is InChI=1S/C13H21N5O8/c14-12(19)11-10(18(22)23)9-17(16-11)2-4-25-6-8-26-7-5-24-3-1-15-13(20)21/h9,15H,1-8H2,(H2,14,19)(H,20,21). The van der Waals surface area contributed by atoms with Crippen LogP contribution in [0.1, 0.15) is 10.5 Å². The number of amides is 2. The van der Waals surface area contributed by atoms with Gasteiger partial charge in [-0.1, -0.05) is 0 Å². The average Bonchev–Trinajstić information content (AvgIpc) is 3.00. The van der Waals surface area contributed by atoms with Crippen LogP contribution >= 0.6 is 0 Å². The molecule has 146 valence electrons. The second-order valence-corrected chi connectivity index (χ2v) is 4.82. The number of carbonyl (C=O) groups is 2. The predicted molar refractivity (Wildman–Crippen MR) is 85.9 cm³/mol. The van der Waals surface area contributed by atoms with Crippen LogP contribution in [0.5, 0.6) is 0 Å². The maximum atomic E-state index is 11.1. The predicted octanol–water partition coefficient (Wildman–Crippen LogP) is -0.792. The minimum atomic E-state index is -1.10. The molecular weight excluding hydrogens is 354 g/mol. The zero-order chi connectivity index (χ0) is 19.4. The number of hydrogen-bond acceptors (Lipinski definition) is 8. The molecule has 0 aliphatic heterocycles. The first-order valence-electron chi connectivity index (χ1n) is 7.63. The Morgan fingerprint density at radius 1 is 1.19 bits per heavy atom. The van der Waals surface area contributed by atoms with Crippen LogP contribution in [-0.2, 0) is 20.8 Å². The van der Waals surface area contributed by atoms with Gasteiger partial charge in [-0.3, -0.25) is 19.6 Å². The van der Waals surface area contributed by atoms with Crippen molar-refractivity contribution >= 4 is 17.7 Å². The summed E-state index contributed by atoms with van der Waals surface area (Å²) < 4.78 is 16.9. The van der Waals surface area contributed by atoms with Gasteiger partial charge >= 0.3 is 11.8 Å². The molecule has 0 spiro atoms. The van der Waals surface area contributed by atoms with Gasteiger partial charge in [-0.05, 0) is 0 Å². The topological polar surface area (TPSA) is 181 Å². The molecule has 0 radical (unpaired) electrons. The van der Waals surface area contributed by atoms with Crippen LogP contribution in [0.3, 0.4) is 0 Å². The van der Waals surface area contributed by atoms with Crippen molar-refractivity contribution in [2.75, 3.05) is 46.2 Å². The number of hydrogen-bond donors (Lipinski definition) is 3. The van der Waals surface area contributed by atoms with E-state index in [0.29, 0.717) is 26.4 Å². The lowest BCUT2D eigenvalue weighted by molar-refractivity contribution is -0.385. The van der Waals surface area contributed by atoms with Crippen molar-refractivity contribution in [3.05, 3.63) is 22.0 Å². The normalized spacial score (nSPS) is 10.6. The number of rotatable bonds is 14. The smallest absolute Gasteiger partial charge is 0.404 e. The van der Waals surface area contributed by atoms with Crippen molar-refractivity contribution in [1.29, 1.82) is 0 Å². The van der Waals surface area contributed by atoms with Gasteiger partial charge in [0.15, 0.2) is 0 Å². The molecule has 26 heavy (non-hydrogen) atoms. The lowest BCUT2D eigenvalue weighted by atomic mass is 10.4. The highest BCUT2D eigenvalue weighted by Gasteiger charge is 2.23. The number of aromatic nitrogens is 2. The molecule has 2 amide bonds. The van der Waals surface area contributed by atoms with Gasteiger partial charge in [0.2, 0.25) is 5.69 Å². The average molecular weight is 375 g/mol. The molecule has 0 bridgehead atoms. The minimum Gasteiger partial charge on any atom is -0.465 e. The third-order valence-corrected chi connectivity index (χ3v) is 2.90. The third kappa shape index (κ3) is 8.36. The first kappa shape index (κ1) is 21.3. The molecule has 0 atom stereocenters. The second-order valence-electron chi connectivity index (χ2n) is 4.82. The van der Waals surface area contributed by atoms with Crippen molar-refractivity contribution < 1.29 is 33.8 Å². The first-order valence-corrected chi connectivity index (χ1v) is 7.63. The maximum Gasteiger partial charge on any atom is 0.404 e. The molecule has 0 fully saturated rings. The Morgan fingerprint density at radius 3 is 2.27 bits per heavy atom. The summed E-state index contributed by atoms with van der Waals surface area (Å²) in [5, 5.41) is 25.0. The monoisotopic (exact) mass is 375 g/mol. The number of carboxylic acid groups (broad SMARTS) is 1. The van der Waals surface area contributed by atoms with Crippen molar-refractivity contribution in [2.45, 2.75) is 6.54 Å². The summed E-state index contributed by atoms with van der Waals surface area (Å²) in [6.45, 7) is 2.19. The Balaban J connectivity index is 2.06. The maximum absolute atomic E-state index is 11.1. The van der Waals surface area contributed by atoms with E-state index in [0.717, 1.165) is 6.20 Å². The molecule has 0 unspecified atom stereocenters. The van der Waals surface area contributed by atoms with Crippen molar-refractivity contribution in [1.82, 2.24) is 15.1 Å². The summed E-state index contributed by atoms with van der Waals surface area (Å²) in [4.78, 5) is 31.3. The van der Waals surface area contributed by atoms with E-state index in [4.69, 9.17) is 25.1 Å². The SMILES string of the molecule is NC(=O)c1nn(CCOCCOCCOCCNC(=O)O)cc1[N+](=O)[O-]. The fourth-order valence-corrected chi connectivity index (χ4v) is 1.76. The Labute approximate surface area is 148 Å². The zero-order valence-electron chi connectivity index (χ0n) is 14.0. The van der Waals surface area contributed by atoms with Gasteiger partial charge in [-0.2, -0.15) is 5.10 Å². The molecule has 0 saturated carbocycles. The van der Waals surface area contributed by atoms with Gasteiger partial charge in [0, 0.05) is 6.54 Å². The summed E-state index contributed by atoms with van der Waals surface area (Å²) in [5.74, 6) is -0.967. The number of nitro groups is 1. The lowest BCUT2D eigenvalue weighted by Crippen LogP contribution is -2.25. The lowest BCUT2D eigenvalue weighted by Gasteiger charge is -2.07. The van der Waals surface area contributed by atoms with E-state index in [2.05, 4.69) is 10.4 Å². The Morgan fingerprint density at radius 2 is 1.77 bits per heavy atom. The highest BCUT2D eigenvalue weighted by molar-refractivity contribution is 5.94. The fourth-order valence-electron chi connectivity index (χ4n) is 1.76. The van der Waals surface area contributed by atoms with Crippen LogP contribution in [0.2, 0.25) is 0 Å². The highest BCUT2D eigenvalue weighted by Crippen LogP contribution is 2.15. The van der Waals surface area contributed by atoms with E-state index >= 15 is 0 Å². The van der Waals surface area contributed by atoms with Crippen LogP contribution in [0.4, 0.5) is 10.5 Å². The molecule has 13 nitrogen and oxygen atoms in total. The van der Waals surface area contributed by atoms with Crippen LogP contribution in [0.25, 0.3) is 0 Å². The van der Waals surface area contributed by atoms with E-state index in [-0.39, 0.29) is 26.3 Å². The zero-order valence-corrected chi connectivity index (χ0v) is 14.0. The molecule has 13 heteroatoms. The van der Waals surface area contributed by atoms with Crippen LogP contribution < -0.4 is 11.1 Å². The summed E-state index contributed by atoms with van der Waals surface area (Å²) >= 11 is 0. The van der Waals surface area contributed by atoms with Crippen molar-refractivity contribution in [3.63, 3.8) is 0 Å². The van der Waals surface area contributed by atoms with Crippen LogP contribution in [0.15, 0.2) is 6.20 Å². The first-order chi connectivity index (χ1) is 12.4. The van der Waals surface area contributed by atoms with Gasteiger partial charge in [-0.15, -0.1) is 0 Å². The molecule has 1 aromatic heterocycles. The van der Waals surface area contributed by atoms with E-state index in [9.17, 15) is 19.7 Å². The number of nitrogens with one attached hydrogen (secondary N) is 1. The van der Waals surface area contributed by atoms with E-state index in [1.165, 1.54) is 4.68 Å². The molecule has 0 saturated heterocycles. The van der Waals surface area contributed by atoms with E-state index in [1.54, 1.807) is 0 Å².